The number of hydrogen-bond acceptors (Lipinski definition) is 4. The summed E-state index contributed by atoms with van der Waals surface area (Å²) in [6, 6.07) is 5.15. The fourth-order valence-corrected chi connectivity index (χ4v) is 1.67. The molecule has 1 aromatic carbocycles. The van der Waals surface area contributed by atoms with Gasteiger partial charge in [-0.1, -0.05) is 0 Å². The molecule has 2 N–H and O–H groups in total. The van der Waals surface area contributed by atoms with Crippen LogP contribution in [-0.2, 0) is 4.79 Å². The number of non-ortho nitro benzene ring substituents is 1. The maximum Gasteiger partial charge on any atom is 0.303 e. The lowest BCUT2D eigenvalue weighted by Gasteiger charge is -2.13. The van der Waals surface area contributed by atoms with E-state index < -0.39 is 10.9 Å². The smallest absolute Gasteiger partial charge is 0.303 e. The maximum absolute atomic E-state index is 11.8. The Morgan fingerprint density at radius 3 is 2.45 bits per heavy atom. The third-order valence-electron chi connectivity index (χ3n) is 2.75. The van der Waals surface area contributed by atoms with Gasteiger partial charge in [0, 0.05) is 30.2 Å². The summed E-state index contributed by atoms with van der Waals surface area (Å²) in [7, 11) is 0. The van der Waals surface area contributed by atoms with E-state index in [1.807, 2.05) is 0 Å². The van der Waals surface area contributed by atoms with Crippen molar-refractivity contribution < 1.29 is 19.6 Å². The molecular formula is C13H16N2O5. The number of carboxylic acids is 1. The van der Waals surface area contributed by atoms with Crippen molar-refractivity contribution >= 4 is 17.6 Å². The lowest BCUT2D eigenvalue weighted by Crippen LogP contribution is -2.32. The third kappa shape index (κ3) is 5.05. The number of aliphatic carboxylic acids is 1. The molecule has 0 saturated carbocycles. The largest absolute Gasteiger partial charge is 0.481 e. The van der Waals surface area contributed by atoms with Crippen LogP contribution < -0.4 is 5.32 Å². The van der Waals surface area contributed by atoms with Crippen LogP contribution in [0.1, 0.15) is 36.5 Å². The molecule has 20 heavy (non-hydrogen) atoms. The molecule has 0 saturated heterocycles. The standard InChI is InChI=1S/C13H16N2O5/c1-9(3-2-4-12(16)17)14-13(18)10-5-7-11(8-6-10)15(19)20/h5-9H,2-4H2,1H3,(H,14,18)(H,16,17). The first-order valence-electron chi connectivity index (χ1n) is 6.17. The number of nitrogens with one attached hydrogen (secondary N) is 1. The lowest BCUT2D eigenvalue weighted by molar-refractivity contribution is -0.384. The van der Waals surface area contributed by atoms with Crippen molar-refractivity contribution in [3.05, 3.63) is 39.9 Å². The van der Waals surface area contributed by atoms with Gasteiger partial charge in [-0.15, -0.1) is 0 Å². The van der Waals surface area contributed by atoms with Crippen LogP contribution in [0.25, 0.3) is 0 Å². The lowest BCUT2D eigenvalue weighted by atomic mass is 10.1. The molecule has 0 spiro atoms. The van der Waals surface area contributed by atoms with E-state index in [1.165, 1.54) is 24.3 Å². The number of carbonyl (C=O) groups is 2. The van der Waals surface area contributed by atoms with Gasteiger partial charge >= 0.3 is 5.97 Å². The summed E-state index contributed by atoms with van der Waals surface area (Å²) in [6.07, 6.45) is 1.11. The number of nitro benzene ring substituents is 1. The van der Waals surface area contributed by atoms with Gasteiger partial charge in [-0.2, -0.15) is 0 Å². The van der Waals surface area contributed by atoms with Crippen molar-refractivity contribution in [2.45, 2.75) is 32.2 Å². The Labute approximate surface area is 115 Å². The second kappa shape index (κ2) is 7.22. The molecule has 0 heterocycles. The first-order chi connectivity index (χ1) is 9.40. The van der Waals surface area contributed by atoms with Gasteiger partial charge in [-0.3, -0.25) is 19.7 Å². The van der Waals surface area contributed by atoms with E-state index >= 15 is 0 Å². The van der Waals surface area contributed by atoms with E-state index in [1.54, 1.807) is 6.92 Å². The molecule has 0 aliphatic heterocycles. The van der Waals surface area contributed by atoms with Crippen LogP contribution in [-0.4, -0.2) is 27.9 Å². The predicted octanol–water partition coefficient (Wildman–Crippen LogP) is 1.97. The SMILES string of the molecule is CC(CCCC(=O)O)NC(=O)c1ccc([N+](=O)[O-])cc1. The van der Waals surface area contributed by atoms with Gasteiger partial charge < -0.3 is 10.4 Å². The van der Waals surface area contributed by atoms with Crippen LogP contribution in [0.2, 0.25) is 0 Å². The fourth-order valence-electron chi connectivity index (χ4n) is 1.67. The van der Waals surface area contributed by atoms with E-state index in [0.29, 0.717) is 18.4 Å². The van der Waals surface area contributed by atoms with Gasteiger partial charge in [-0.05, 0) is 31.9 Å². The molecular weight excluding hydrogens is 264 g/mol. The Hall–Kier alpha value is -2.44. The third-order valence-corrected chi connectivity index (χ3v) is 2.75. The molecule has 1 aromatic rings. The molecule has 0 aliphatic rings. The number of carbonyl (C=O) groups excluding carboxylic acids is 1. The minimum Gasteiger partial charge on any atom is -0.481 e. The second-order valence-electron chi connectivity index (χ2n) is 4.46. The van der Waals surface area contributed by atoms with Crippen molar-refractivity contribution in [1.82, 2.24) is 5.32 Å². The summed E-state index contributed by atoms with van der Waals surface area (Å²) in [5.74, 6) is -1.19. The second-order valence-corrected chi connectivity index (χ2v) is 4.46. The monoisotopic (exact) mass is 280 g/mol. The Morgan fingerprint density at radius 1 is 1.35 bits per heavy atom. The summed E-state index contributed by atoms with van der Waals surface area (Å²) < 4.78 is 0. The van der Waals surface area contributed by atoms with Gasteiger partial charge in [0.05, 0.1) is 4.92 Å². The zero-order valence-electron chi connectivity index (χ0n) is 11.0. The number of rotatable bonds is 7. The molecule has 0 fully saturated rings. The van der Waals surface area contributed by atoms with Gasteiger partial charge in [0.25, 0.3) is 11.6 Å². The summed E-state index contributed by atoms with van der Waals surface area (Å²) in [5.41, 5.74) is 0.261. The summed E-state index contributed by atoms with van der Waals surface area (Å²) in [6.45, 7) is 1.78. The number of amides is 1. The summed E-state index contributed by atoms with van der Waals surface area (Å²) in [5, 5.41) is 21.7. The number of carboxylic acid groups (broad SMARTS) is 1. The van der Waals surface area contributed by atoms with Crippen LogP contribution >= 0.6 is 0 Å². The Bertz CT molecular complexity index is 498. The molecule has 1 rings (SSSR count). The van der Waals surface area contributed by atoms with Crippen molar-refractivity contribution in [1.29, 1.82) is 0 Å². The Morgan fingerprint density at radius 2 is 1.95 bits per heavy atom. The van der Waals surface area contributed by atoms with E-state index in [0.717, 1.165) is 0 Å². The van der Waals surface area contributed by atoms with E-state index in [4.69, 9.17) is 5.11 Å². The van der Waals surface area contributed by atoms with E-state index in [-0.39, 0.29) is 24.1 Å². The van der Waals surface area contributed by atoms with Gasteiger partial charge in [-0.25, -0.2) is 0 Å². The topological polar surface area (TPSA) is 110 Å². The number of nitrogens with zero attached hydrogens (tertiary/aromatic N) is 1. The molecule has 0 bridgehead atoms. The van der Waals surface area contributed by atoms with Crippen LogP contribution in [0.3, 0.4) is 0 Å². The molecule has 1 amide bonds. The van der Waals surface area contributed by atoms with Crippen molar-refractivity contribution in [2.75, 3.05) is 0 Å². The van der Waals surface area contributed by atoms with Crippen LogP contribution in [0.4, 0.5) is 5.69 Å². The average molecular weight is 280 g/mol. The van der Waals surface area contributed by atoms with E-state index in [9.17, 15) is 19.7 Å². The molecule has 0 aromatic heterocycles. The van der Waals surface area contributed by atoms with Gasteiger partial charge in [0.15, 0.2) is 0 Å². The first kappa shape index (κ1) is 15.6. The van der Waals surface area contributed by atoms with Crippen LogP contribution in [0.5, 0.6) is 0 Å². The molecule has 7 heteroatoms. The number of hydrogen-bond donors (Lipinski definition) is 2. The normalized spacial score (nSPS) is 11.7. The first-order valence-corrected chi connectivity index (χ1v) is 6.17. The summed E-state index contributed by atoms with van der Waals surface area (Å²) >= 11 is 0. The minimum atomic E-state index is -0.862. The zero-order valence-corrected chi connectivity index (χ0v) is 11.0. The Kier molecular flexibility index (Phi) is 5.64. The zero-order chi connectivity index (χ0) is 15.1. The van der Waals surface area contributed by atoms with Crippen molar-refractivity contribution in [3.63, 3.8) is 0 Å². The fraction of sp³-hybridized carbons (Fsp3) is 0.385. The van der Waals surface area contributed by atoms with E-state index in [2.05, 4.69) is 5.32 Å². The van der Waals surface area contributed by atoms with Gasteiger partial charge in [0.2, 0.25) is 0 Å². The molecule has 1 atom stereocenters. The van der Waals surface area contributed by atoms with Crippen LogP contribution in [0.15, 0.2) is 24.3 Å². The highest BCUT2D eigenvalue weighted by Gasteiger charge is 2.12. The highest BCUT2D eigenvalue weighted by Crippen LogP contribution is 2.12. The van der Waals surface area contributed by atoms with Crippen LogP contribution in [0, 0.1) is 10.1 Å². The number of nitro groups is 1. The minimum absolute atomic E-state index is 0.0672. The Balaban J connectivity index is 2.49. The summed E-state index contributed by atoms with van der Waals surface area (Å²) in [4.78, 5) is 32.2. The quantitative estimate of drug-likeness (QED) is 0.586. The maximum atomic E-state index is 11.8. The highest BCUT2D eigenvalue weighted by atomic mass is 16.6. The molecule has 0 radical (unpaired) electrons. The highest BCUT2D eigenvalue weighted by molar-refractivity contribution is 5.94. The molecule has 0 aliphatic carbocycles. The van der Waals surface area contributed by atoms with Crippen molar-refractivity contribution in [2.24, 2.45) is 0 Å². The molecule has 7 nitrogen and oxygen atoms in total. The average Bonchev–Trinajstić information content (AvgIpc) is 2.38. The predicted molar refractivity (Wildman–Crippen MR) is 71.5 cm³/mol. The van der Waals surface area contributed by atoms with Crippen molar-refractivity contribution in [3.8, 4) is 0 Å². The number of benzene rings is 1. The van der Waals surface area contributed by atoms with Gasteiger partial charge in [0.1, 0.15) is 0 Å². The molecule has 108 valence electrons. The molecule has 1 unspecified atom stereocenters.